The summed E-state index contributed by atoms with van der Waals surface area (Å²) in [6, 6.07) is 9.48. The molecule has 3 heteroatoms. The van der Waals surface area contributed by atoms with Gasteiger partial charge >= 0.3 is 0 Å². The number of hydrogen-bond donors (Lipinski definition) is 3. The lowest BCUT2D eigenvalue weighted by atomic mass is 9.66. The average molecular weight is 443 g/mol. The molecule has 180 valence electrons. The third-order valence-corrected chi connectivity index (χ3v) is 9.58. The van der Waals surface area contributed by atoms with Gasteiger partial charge in [0.05, 0.1) is 18.3 Å². The zero-order valence-corrected chi connectivity index (χ0v) is 20.4. The van der Waals surface area contributed by atoms with Gasteiger partial charge in [0.1, 0.15) is 0 Å². The minimum Gasteiger partial charge on any atom is -0.393 e. The zero-order valence-electron chi connectivity index (χ0n) is 20.4. The van der Waals surface area contributed by atoms with Gasteiger partial charge in [-0.15, -0.1) is 0 Å². The second-order valence-electron chi connectivity index (χ2n) is 11.9. The van der Waals surface area contributed by atoms with E-state index in [9.17, 15) is 15.3 Å². The minimum absolute atomic E-state index is 0.0943. The molecule has 0 radical (unpaired) electrons. The molecule has 0 aliphatic heterocycles. The SMILES string of the molecule is CC(C)(c1ccc(CC(C2CCC(O)CC2)C2CCC(O)CC2)cc1)C1CCC(O)CC1. The Kier molecular flexibility index (Phi) is 8.01. The molecule has 0 saturated heterocycles. The highest BCUT2D eigenvalue weighted by atomic mass is 16.3. The summed E-state index contributed by atoms with van der Waals surface area (Å²) in [6.45, 7) is 4.77. The summed E-state index contributed by atoms with van der Waals surface area (Å²) in [6.07, 6.45) is 13.4. The lowest BCUT2D eigenvalue weighted by molar-refractivity contribution is 0.0463. The van der Waals surface area contributed by atoms with E-state index in [0.29, 0.717) is 23.7 Å². The summed E-state index contributed by atoms with van der Waals surface area (Å²) in [5.74, 6) is 2.74. The van der Waals surface area contributed by atoms with Crippen molar-refractivity contribution in [3.05, 3.63) is 35.4 Å². The Morgan fingerprint density at radius 2 is 1.06 bits per heavy atom. The molecule has 1 aromatic carbocycles. The molecule has 3 nitrogen and oxygen atoms in total. The molecule has 0 aromatic heterocycles. The molecule has 3 fully saturated rings. The largest absolute Gasteiger partial charge is 0.393 e. The van der Waals surface area contributed by atoms with Crippen LogP contribution in [0.4, 0.5) is 0 Å². The van der Waals surface area contributed by atoms with Crippen molar-refractivity contribution in [1.29, 1.82) is 0 Å². The summed E-state index contributed by atoms with van der Waals surface area (Å²) in [7, 11) is 0. The molecule has 0 bridgehead atoms. The molecule has 3 aliphatic rings. The Labute approximate surface area is 195 Å². The van der Waals surface area contributed by atoms with E-state index in [0.717, 1.165) is 83.5 Å². The highest BCUT2D eigenvalue weighted by Crippen LogP contribution is 2.43. The molecule has 0 atom stereocenters. The van der Waals surface area contributed by atoms with Crippen molar-refractivity contribution in [1.82, 2.24) is 0 Å². The van der Waals surface area contributed by atoms with Gasteiger partial charge in [0.2, 0.25) is 0 Å². The van der Waals surface area contributed by atoms with E-state index < -0.39 is 0 Å². The van der Waals surface area contributed by atoms with Gasteiger partial charge in [-0.2, -0.15) is 0 Å². The van der Waals surface area contributed by atoms with Crippen LogP contribution in [0.2, 0.25) is 0 Å². The van der Waals surface area contributed by atoms with Gasteiger partial charge < -0.3 is 15.3 Å². The highest BCUT2D eigenvalue weighted by molar-refractivity contribution is 5.29. The standard InChI is InChI=1S/C29H46O3/c1-29(2,24-11-17-27(32)18-12-24)23-9-3-20(4-10-23)19-28(21-5-13-25(30)14-6-21)22-7-15-26(31)16-8-22/h3-4,9-10,21-22,24-28,30-32H,5-8,11-19H2,1-2H3. The van der Waals surface area contributed by atoms with Gasteiger partial charge in [-0.1, -0.05) is 38.1 Å². The molecule has 0 spiro atoms. The third kappa shape index (κ3) is 5.77. The van der Waals surface area contributed by atoms with Gasteiger partial charge in [0.25, 0.3) is 0 Å². The molecule has 0 unspecified atom stereocenters. The lowest BCUT2D eigenvalue weighted by Crippen LogP contribution is -2.34. The van der Waals surface area contributed by atoms with E-state index in [1.54, 1.807) is 0 Å². The van der Waals surface area contributed by atoms with Crippen LogP contribution < -0.4 is 0 Å². The maximum atomic E-state index is 10.0. The number of aliphatic hydroxyl groups excluding tert-OH is 3. The first kappa shape index (κ1) is 24.2. The van der Waals surface area contributed by atoms with Crippen LogP contribution >= 0.6 is 0 Å². The Morgan fingerprint density at radius 1 is 0.656 bits per heavy atom. The zero-order chi connectivity index (χ0) is 22.7. The van der Waals surface area contributed by atoms with Crippen molar-refractivity contribution < 1.29 is 15.3 Å². The first-order valence-corrected chi connectivity index (χ1v) is 13.5. The van der Waals surface area contributed by atoms with Crippen molar-refractivity contribution >= 4 is 0 Å². The van der Waals surface area contributed by atoms with Crippen LogP contribution in [-0.2, 0) is 11.8 Å². The Bertz CT molecular complexity index is 666. The van der Waals surface area contributed by atoms with Crippen LogP contribution in [0, 0.1) is 23.7 Å². The number of benzene rings is 1. The molecular formula is C29H46O3. The third-order valence-electron chi connectivity index (χ3n) is 9.58. The van der Waals surface area contributed by atoms with E-state index in [1.807, 2.05) is 0 Å². The topological polar surface area (TPSA) is 60.7 Å². The second kappa shape index (κ2) is 10.6. The van der Waals surface area contributed by atoms with Crippen molar-refractivity contribution in [3.8, 4) is 0 Å². The molecule has 0 amide bonds. The molecular weight excluding hydrogens is 396 g/mol. The summed E-state index contributed by atoms with van der Waals surface area (Å²) in [5.41, 5.74) is 3.03. The molecule has 1 aromatic rings. The van der Waals surface area contributed by atoms with Crippen LogP contribution in [-0.4, -0.2) is 33.6 Å². The second-order valence-corrected chi connectivity index (χ2v) is 11.9. The number of aliphatic hydroxyl groups is 3. The predicted molar refractivity (Wildman–Crippen MR) is 131 cm³/mol. The molecule has 0 heterocycles. The van der Waals surface area contributed by atoms with E-state index in [2.05, 4.69) is 38.1 Å². The van der Waals surface area contributed by atoms with E-state index in [-0.39, 0.29) is 23.7 Å². The van der Waals surface area contributed by atoms with Crippen LogP contribution in [0.25, 0.3) is 0 Å². The van der Waals surface area contributed by atoms with E-state index in [4.69, 9.17) is 0 Å². The Hall–Kier alpha value is -0.900. The smallest absolute Gasteiger partial charge is 0.0540 e. The first-order valence-electron chi connectivity index (χ1n) is 13.5. The number of hydrogen-bond acceptors (Lipinski definition) is 3. The van der Waals surface area contributed by atoms with Gasteiger partial charge in [-0.3, -0.25) is 0 Å². The maximum Gasteiger partial charge on any atom is 0.0540 e. The minimum atomic E-state index is -0.0949. The quantitative estimate of drug-likeness (QED) is 0.524. The van der Waals surface area contributed by atoms with Gasteiger partial charge in [0, 0.05) is 0 Å². The summed E-state index contributed by atoms with van der Waals surface area (Å²) >= 11 is 0. The van der Waals surface area contributed by atoms with Crippen LogP contribution in [0.5, 0.6) is 0 Å². The van der Waals surface area contributed by atoms with E-state index in [1.165, 1.54) is 11.1 Å². The van der Waals surface area contributed by atoms with Gasteiger partial charge in [-0.05, 0) is 124 Å². The molecule has 32 heavy (non-hydrogen) atoms. The van der Waals surface area contributed by atoms with Crippen LogP contribution in [0.3, 0.4) is 0 Å². The maximum absolute atomic E-state index is 10.0. The number of rotatable bonds is 6. The van der Waals surface area contributed by atoms with Crippen LogP contribution in [0.15, 0.2) is 24.3 Å². The van der Waals surface area contributed by atoms with Crippen molar-refractivity contribution in [3.63, 3.8) is 0 Å². The predicted octanol–water partition coefficient (Wildman–Crippen LogP) is 5.78. The fourth-order valence-electron chi connectivity index (χ4n) is 7.15. The van der Waals surface area contributed by atoms with Crippen molar-refractivity contribution in [2.75, 3.05) is 0 Å². The van der Waals surface area contributed by atoms with Crippen LogP contribution in [0.1, 0.15) is 102 Å². The van der Waals surface area contributed by atoms with Gasteiger partial charge in [0.15, 0.2) is 0 Å². The summed E-state index contributed by atoms with van der Waals surface area (Å²) in [4.78, 5) is 0. The Balaban J connectivity index is 1.45. The highest BCUT2D eigenvalue weighted by Gasteiger charge is 2.36. The van der Waals surface area contributed by atoms with Gasteiger partial charge in [-0.25, -0.2) is 0 Å². The fraction of sp³-hybridized carbons (Fsp3) is 0.793. The van der Waals surface area contributed by atoms with Crippen molar-refractivity contribution in [2.45, 2.75) is 121 Å². The Morgan fingerprint density at radius 3 is 1.50 bits per heavy atom. The fourth-order valence-corrected chi connectivity index (χ4v) is 7.15. The molecule has 3 aliphatic carbocycles. The lowest BCUT2D eigenvalue weighted by Gasteiger charge is -2.40. The molecule has 3 saturated carbocycles. The normalized spacial score (nSPS) is 35.4. The first-order chi connectivity index (χ1) is 15.3. The monoisotopic (exact) mass is 442 g/mol. The summed E-state index contributed by atoms with van der Waals surface area (Å²) in [5, 5.41) is 30.0. The summed E-state index contributed by atoms with van der Waals surface area (Å²) < 4.78 is 0. The van der Waals surface area contributed by atoms with Crippen molar-refractivity contribution in [2.24, 2.45) is 23.7 Å². The average Bonchev–Trinajstić information content (AvgIpc) is 2.79. The van der Waals surface area contributed by atoms with E-state index >= 15 is 0 Å². The molecule has 4 rings (SSSR count). The molecule has 3 N–H and O–H groups in total.